The summed E-state index contributed by atoms with van der Waals surface area (Å²) in [5.74, 6) is 1.58. The van der Waals surface area contributed by atoms with Gasteiger partial charge in [0.25, 0.3) is 0 Å². The van der Waals surface area contributed by atoms with Crippen molar-refractivity contribution in [1.29, 1.82) is 0 Å². The van der Waals surface area contributed by atoms with Gasteiger partial charge in [-0.1, -0.05) is 32.4 Å². The van der Waals surface area contributed by atoms with Gasteiger partial charge in [0.05, 0.1) is 23.5 Å². The Hall–Kier alpha value is -1.88. The fourth-order valence-electron chi connectivity index (χ4n) is 4.15. The number of carbonyl (C=O) groups excluding carboxylic acids is 1. The zero-order valence-corrected chi connectivity index (χ0v) is 17.2. The Morgan fingerprint density at radius 1 is 1.22 bits per heavy atom. The molecule has 1 saturated heterocycles. The number of fused-ring (bicyclic) bond motifs is 1. The number of amides is 1. The zero-order valence-electron chi connectivity index (χ0n) is 17.2. The van der Waals surface area contributed by atoms with Crippen LogP contribution in [0.5, 0.6) is 0 Å². The molecule has 0 unspecified atom stereocenters. The lowest BCUT2D eigenvalue weighted by atomic mass is 9.96. The predicted octanol–water partition coefficient (Wildman–Crippen LogP) is 3.82. The summed E-state index contributed by atoms with van der Waals surface area (Å²) in [6.45, 7) is 8.87. The number of benzene rings is 1. The van der Waals surface area contributed by atoms with Gasteiger partial charge in [-0.3, -0.25) is 9.69 Å². The van der Waals surface area contributed by atoms with Crippen LogP contribution in [0.2, 0.25) is 0 Å². The van der Waals surface area contributed by atoms with Crippen LogP contribution >= 0.6 is 0 Å². The van der Waals surface area contributed by atoms with Gasteiger partial charge in [-0.15, -0.1) is 0 Å². The quantitative estimate of drug-likeness (QED) is 0.709. The number of para-hydroxylation sites is 2. The van der Waals surface area contributed by atoms with E-state index in [9.17, 15) is 4.79 Å². The van der Waals surface area contributed by atoms with Crippen molar-refractivity contribution in [2.45, 2.75) is 52.5 Å². The molecular weight excluding hydrogens is 336 g/mol. The minimum absolute atomic E-state index is 0.136. The fourth-order valence-corrected chi connectivity index (χ4v) is 4.15. The molecule has 0 saturated carbocycles. The van der Waals surface area contributed by atoms with Gasteiger partial charge in [-0.05, 0) is 44.4 Å². The molecule has 148 valence electrons. The second-order valence-electron chi connectivity index (χ2n) is 7.83. The van der Waals surface area contributed by atoms with E-state index in [0.717, 1.165) is 76.2 Å². The van der Waals surface area contributed by atoms with E-state index in [-0.39, 0.29) is 5.92 Å². The Bertz CT molecular complexity index is 754. The number of carbonyl (C=O) groups is 1. The second kappa shape index (κ2) is 9.36. The first-order valence-corrected chi connectivity index (χ1v) is 10.6. The maximum atomic E-state index is 13.1. The van der Waals surface area contributed by atoms with Gasteiger partial charge in [0, 0.05) is 26.7 Å². The van der Waals surface area contributed by atoms with Crippen LogP contribution in [-0.4, -0.2) is 51.4 Å². The number of rotatable bonds is 8. The number of nitrogens with zero attached hydrogens (tertiary/aromatic N) is 4. The third-order valence-electron chi connectivity index (χ3n) is 5.69. The zero-order chi connectivity index (χ0) is 19.2. The number of unbranched alkanes of at least 4 members (excludes halogenated alkanes) is 1. The Labute approximate surface area is 163 Å². The van der Waals surface area contributed by atoms with Crippen molar-refractivity contribution in [3.8, 4) is 0 Å². The number of aryl methyl sites for hydroxylation is 1. The number of likely N-dealkylation sites (tertiary alicyclic amines) is 1. The topological polar surface area (TPSA) is 41.4 Å². The summed E-state index contributed by atoms with van der Waals surface area (Å²) in [5, 5.41) is 0. The van der Waals surface area contributed by atoms with Crippen molar-refractivity contribution in [3.63, 3.8) is 0 Å². The summed E-state index contributed by atoms with van der Waals surface area (Å²) >= 11 is 0. The third-order valence-corrected chi connectivity index (χ3v) is 5.69. The van der Waals surface area contributed by atoms with Crippen molar-refractivity contribution in [2.75, 3.05) is 26.2 Å². The second-order valence-corrected chi connectivity index (χ2v) is 7.83. The van der Waals surface area contributed by atoms with Gasteiger partial charge < -0.3 is 9.47 Å². The van der Waals surface area contributed by atoms with Crippen LogP contribution in [0.3, 0.4) is 0 Å². The maximum Gasteiger partial charge on any atom is 0.226 e. The number of hydrogen-bond donors (Lipinski definition) is 0. The molecule has 2 heterocycles. The molecule has 1 fully saturated rings. The van der Waals surface area contributed by atoms with E-state index < -0.39 is 0 Å². The molecule has 1 atom stereocenters. The van der Waals surface area contributed by atoms with Crippen LogP contribution in [0.1, 0.15) is 51.8 Å². The number of aromatic nitrogens is 2. The van der Waals surface area contributed by atoms with Crippen LogP contribution in [0.4, 0.5) is 0 Å². The lowest BCUT2D eigenvalue weighted by Gasteiger charge is -2.34. The van der Waals surface area contributed by atoms with Crippen LogP contribution in [0.15, 0.2) is 24.3 Å². The normalized spacial score (nSPS) is 18.1. The molecule has 5 nitrogen and oxygen atoms in total. The number of hydrogen-bond acceptors (Lipinski definition) is 3. The molecule has 0 radical (unpaired) electrons. The molecule has 1 aliphatic rings. The average Bonchev–Trinajstić information content (AvgIpc) is 3.00. The minimum Gasteiger partial charge on any atom is -0.342 e. The van der Waals surface area contributed by atoms with Crippen molar-refractivity contribution < 1.29 is 4.79 Å². The molecule has 3 rings (SSSR count). The summed E-state index contributed by atoms with van der Waals surface area (Å²) in [6, 6.07) is 8.28. The van der Waals surface area contributed by atoms with Crippen molar-refractivity contribution in [1.82, 2.24) is 19.4 Å². The highest BCUT2D eigenvalue weighted by Crippen LogP contribution is 2.22. The molecule has 27 heavy (non-hydrogen) atoms. The first-order chi connectivity index (χ1) is 13.1. The smallest absolute Gasteiger partial charge is 0.226 e. The highest BCUT2D eigenvalue weighted by molar-refractivity contribution is 5.79. The third kappa shape index (κ3) is 4.70. The number of piperidine rings is 1. The van der Waals surface area contributed by atoms with Gasteiger partial charge >= 0.3 is 0 Å². The van der Waals surface area contributed by atoms with Crippen LogP contribution < -0.4 is 0 Å². The van der Waals surface area contributed by atoms with Crippen LogP contribution in [0.25, 0.3) is 11.0 Å². The van der Waals surface area contributed by atoms with E-state index >= 15 is 0 Å². The molecule has 0 aliphatic carbocycles. The molecule has 0 bridgehead atoms. The fraction of sp³-hybridized carbons (Fsp3) is 0.636. The van der Waals surface area contributed by atoms with Gasteiger partial charge in [-0.25, -0.2) is 4.98 Å². The summed E-state index contributed by atoms with van der Waals surface area (Å²) in [6.07, 6.45) is 5.38. The van der Waals surface area contributed by atoms with Gasteiger partial charge in [-0.2, -0.15) is 0 Å². The molecule has 2 aromatic rings. The van der Waals surface area contributed by atoms with E-state index in [0.29, 0.717) is 5.91 Å². The molecule has 1 aromatic heterocycles. The van der Waals surface area contributed by atoms with Gasteiger partial charge in [0.15, 0.2) is 0 Å². The van der Waals surface area contributed by atoms with Crippen LogP contribution in [0, 0.1) is 5.92 Å². The average molecular weight is 371 g/mol. The molecule has 0 spiro atoms. The maximum absolute atomic E-state index is 13.1. The van der Waals surface area contributed by atoms with Crippen molar-refractivity contribution in [2.24, 2.45) is 13.0 Å². The SMILES string of the molecule is CCCCN(CCC)C(=O)[C@H]1CCCN(Cc2nc3ccccc3n2C)C1. The van der Waals surface area contributed by atoms with E-state index in [4.69, 9.17) is 4.98 Å². The van der Waals surface area contributed by atoms with E-state index in [2.05, 4.69) is 53.5 Å². The van der Waals surface area contributed by atoms with Gasteiger partial charge in [0.1, 0.15) is 5.82 Å². The summed E-state index contributed by atoms with van der Waals surface area (Å²) in [5.41, 5.74) is 2.22. The molecule has 1 aliphatic heterocycles. The highest BCUT2D eigenvalue weighted by atomic mass is 16.2. The molecular formula is C22H34N4O. The lowest BCUT2D eigenvalue weighted by Crippen LogP contribution is -2.45. The standard InChI is InChI=1S/C22H34N4O/c1-4-6-15-26(13-5-2)22(27)18-10-9-14-25(16-18)17-21-23-19-11-7-8-12-20(19)24(21)3/h7-8,11-12,18H,4-6,9-10,13-17H2,1-3H3/t18-/m0/s1. The Kier molecular flexibility index (Phi) is 6.89. The number of imidazole rings is 1. The Balaban J connectivity index is 1.66. The Morgan fingerprint density at radius 2 is 2.04 bits per heavy atom. The van der Waals surface area contributed by atoms with E-state index in [1.807, 2.05) is 6.07 Å². The monoisotopic (exact) mass is 370 g/mol. The molecule has 0 N–H and O–H groups in total. The first-order valence-electron chi connectivity index (χ1n) is 10.6. The van der Waals surface area contributed by atoms with Crippen LogP contribution in [-0.2, 0) is 18.4 Å². The molecule has 1 amide bonds. The highest BCUT2D eigenvalue weighted by Gasteiger charge is 2.29. The molecule has 5 heteroatoms. The Morgan fingerprint density at radius 3 is 2.78 bits per heavy atom. The molecule has 1 aromatic carbocycles. The van der Waals surface area contributed by atoms with E-state index in [1.165, 1.54) is 5.52 Å². The largest absolute Gasteiger partial charge is 0.342 e. The summed E-state index contributed by atoms with van der Waals surface area (Å²) in [7, 11) is 2.09. The summed E-state index contributed by atoms with van der Waals surface area (Å²) < 4.78 is 2.19. The predicted molar refractivity (Wildman–Crippen MR) is 110 cm³/mol. The lowest BCUT2D eigenvalue weighted by molar-refractivity contribution is -0.137. The van der Waals surface area contributed by atoms with Crippen molar-refractivity contribution >= 4 is 16.9 Å². The minimum atomic E-state index is 0.136. The van der Waals surface area contributed by atoms with E-state index in [1.54, 1.807) is 0 Å². The summed E-state index contributed by atoms with van der Waals surface area (Å²) in [4.78, 5) is 22.4. The van der Waals surface area contributed by atoms with Gasteiger partial charge in [0.2, 0.25) is 5.91 Å². The van der Waals surface area contributed by atoms with Crippen molar-refractivity contribution in [3.05, 3.63) is 30.1 Å². The first kappa shape index (κ1) is 19.9.